The number of aryl methyl sites for hydroxylation is 1. The molecule has 0 spiro atoms. The minimum atomic E-state index is -0.361. The average Bonchev–Trinajstić information content (AvgIpc) is 2.79. The molecule has 2 heterocycles. The highest BCUT2D eigenvalue weighted by atomic mass is 79.9. The van der Waals surface area contributed by atoms with Gasteiger partial charge in [-0.05, 0) is 28.4 Å². The van der Waals surface area contributed by atoms with Gasteiger partial charge in [0.2, 0.25) is 0 Å². The van der Waals surface area contributed by atoms with E-state index in [1.54, 1.807) is 23.3 Å². The summed E-state index contributed by atoms with van der Waals surface area (Å²) in [7, 11) is 0. The summed E-state index contributed by atoms with van der Waals surface area (Å²) < 4.78 is 15.7. The Morgan fingerprint density at radius 1 is 1.47 bits per heavy atom. The summed E-state index contributed by atoms with van der Waals surface area (Å²) in [5.74, 6) is -0.0908. The van der Waals surface area contributed by atoms with Gasteiger partial charge in [-0.2, -0.15) is 0 Å². The zero-order valence-corrected chi connectivity index (χ0v) is 10.6. The van der Waals surface area contributed by atoms with Gasteiger partial charge < -0.3 is 5.32 Å². The van der Waals surface area contributed by atoms with Crippen molar-refractivity contribution in [1.29, 1.82) is 0 Å². The van der Waals surface area contributed by atoms with Gasteiger partial charge in [-0.25, -0.2) is 9.37 Å². The molecular formula is C10H11BrFN5. The van der Waals surface area contributed by atoms with Crippen LogP contribution < -0.4 is 5.32 Å². The Kier molecular flexibility index (Phi) is 4.03. The lowest BCUT2D eigenvalue weighted by molar-refractivity contribution is 0.567. The molecule has 0 saturated heterocycles. The zero-order valence-electron chi connectivity index (χ0n) is 8.98. The summed E-state index contributed by atoms with van der Waals surface area (Å²) in [5.41, 5.74) is 0. The summed E-state index contributed by atoms with van der Waals surface area (Å²) in [6.45, 7) is 1.37. The van der Waals surface area contributed by atoms with Gasteiger partial charge in [0, 0.05) is 30.0 Å². The van der Waals surface area contributed by atoms with E-state index in [1.165, 1.54) is 6.07 Å². The molecule has 0 radical (unpaired) electrons. The average molecular weight is 300 g/mol. The first-order valence-electron chi connectivity index (χ1n) is 5.15. The number of nitrogens with one attached hydrogen (secondary N) is 1. The van der Waals surface area contributed by atoms with Crippen LogP contribution in [-0.4, -0.2) is 26.5 Å². The Morgan fingerprint density at radius 2 is 2.35 bits per heavy atom. The molecule has 2 rings (SSSR count). The second-order valence-electron chi connectivity index (χ2n) is 3.43. The normalized spacial score (nSPS) is 10.5. The molecule has 0 atom stereocenters. The topological polar surface area (TPSA) is 55.6 Å². The number of halogens is 2. The first-order chi connectivity index (χ1) is 8.25. The van der Waals surface area contributed by atoms with Crippen molar-refractivity contribution in [2.75, 3.05) is 11.9 Å². The Bertz CT molecular complexity index is 474. The maximum absolute atomic E-state index is 13.4. The molecule has 0 aliphatic carbocycles. The van der Waals surface area contributed by atoms with E-state index in [9.17, 15) is 4.39 Å². The lowest BCUT2D eigenvalue weighted by atomic mass is 10.4. The SMILES string of the molecule is Fc1cc(Br)cnc1NCCCn1ccnn1. The fourth-order valence-electron chi connectivity index (χ4n) is 1.34. The van der Waals surface area contributed by atoms with E-state index in [1.807, 2.05) is 0 Å². The molecule has 2 aromatic rings. The number of rotatable bonds is 5. The molecule has 90 valence electrons. The van der Waals surface area contributed by atoms with Crippen LogP contribution in [0.4, 0.5) is 10.2 Å². The molecule has 5 nitrogen and oxygen atoms in total. The lowest BCUT2D eigenvalue weighted by Crippen LogP contribution is -2.09. The first kappa shape index (κ1) is 12.0. The van der Waals surface area contributed by atoms with Crippen molar-refractivity contribution < 1.29 is 4.39 Å². The highest BCUT2D eigenvalue weighted by Gasteiger charge is 2.03. The monoisotopic (exact) mass is 299 g/mol. The van der Waals surface area contributed by atoms with Crippen molar-refractivity contribution in [2.24, 2.45) is 0 Å². The van der Waals surface area contributed by atoms with Crippen LogP contribution in [0.1, 0.15) is 6.42 Å². The number of pyridine rings is 1. The van der Waals surface area contributed by atoms with Crippen LogP contribution in [0.25, 0.3) is 0 Å². The van der Waals surface area contributed by atoms with Crippen LogP contribution >= 0.6 is 15.9 Å². The largest absolute Gasteiger partial charge is 0.368 e. The Labute approximate surface area is 106 Å². The van der Waals surface area contributed by atoms with Crippen molar-refractivity contribution in [3.05, 3.63) is 34.9 Å². The fraction of sp³-hybridized carbons (Fsp3) is 0.300. The van der Waals surface area contributed by atoms with Crippen LogP contribution in [0.5, 0.6) is 0 Å². The lowest BCUT2D eigenvalue weighted by Gasteiger charge is -2.06. The third kappa shape index (κ3) is 3.48. The van der Waals surface area contributed by atoms with Crippen molar-refractivity contribution in [3.8, 4) is 0 Å². The van der Waals surface area contributed by atoms with Crippen LogP contribution in [0.15, 0.2) is 29.1 Å². The fourth-order valence-corrected chi connectivity index (χ4v) is 1.65. The van der Waals surface area contributed by atoms with Crippen LogP contribution in [0, 0.1) is 5.82 Å². The molecule has 7 heteroatoms. The molecule has 1 N–H and O–H groups in total. The van der Waals surface area contributed by atoms with E-state index >= 15 is 0 Å². The van der Waals surface area contributed by atoms with Gasteiger partial charge in [0.25, 0.3) is 0 Å². The smallest absolute Gasteiger partial charge is 0.166 e. The summed E-state index contributed by atoms with van der Waals surface area (Å²) in [4.78, 5) is 3.94. The molecule has 0 fully saturated rings. The van der Waals surface area contributed by atoms with Gasteiger partial charge >= 0.3 is 0 Å². The van der Waals surface area contributed by atoms with Crippen LogP contribution in [0.3, 0.4) is 0 Å². The summed E-state index contributed by atoms with van der Waals surface area (Å²) in [6.07, 6.45) is 5.80. The Hall–Kier alpha value is -1.50. The Balaban J connectivity index is 1.78. The number of anilines is 1. The summed E-state index contributed by atoms with van der Waals surface area (Å²) >= 11 is 3.16. The van der Waals surface area contributed by atoms with Gasteiger partial charge in [-0.3, -0.25) is 4.68 Å². The molecule has 17 heavy (non-hydrogen) atoms. The highest BCUT2D eigenvalue weighted by Crippen LogP contribution is 2.15. The van der Waals surface area contributed by atoms with E-state index in [0.29, 0.717) is 11.0 Å². The second-order valence-corrected chi connectivity index (χ2v) is 4.35. The minimum absolute atomic E-state index is 0.270. The predicted octanol–water partition coefficient (Wildman–Crippen LogP) is 2.08. The molecular weight excluding hydrogens is 289 g/mol. The third-order valence-electron chi connectivity index (χ3n) is 2.14. The molecule has 0 bridgehead atoms. The minimum Gasteiger partial charge on any atom is -0.368 e. The predicted molar refractivity (Wildman–Crippen MR) is 65.0 cm³/mol. The van der Waals surface area contributed by atoms with E-state index < -0.39 is 0 Å². The van der Waals surface area contributed by atoms with E-state index in [-0.39, 0.29) is 11.6 Å². The molecule has 2 aromatic heterocycles. The van der Waals surface area contributed by atoms with E-state index in [4.69, 9.17) is 0 Å². The first-order valence-corrected chi connectivity index (χ1v) is 5.94. The summed E-state index contributed by atoms with van der Waals surface area (Å²) in [5, 5.41) is 10.5. The number of hydrogen-bond acceptors (Lipinski definition) is 4. The van der Waals surface area contributed by atoms with Crippen molar-refractivity contribution in [1.82, 2.24) is 20.0 Å². The molecule has 0 aliphatic heterocycles. The molecule has 0 aliphatic rings. The van der Waals surface area contributed by atoms with Gasteiger partial charge in [0.1, 0.15) is 0 Å². The van der Waals surface area contributed by atoms with E-state index in [0.717, 1.165) is 13.0 Å². The zero-order chi connectivity index (χ0) is 12.1. The molecule has 0 amide bonds. The van der Waals surface area contributed by atoms with Gasteiger partial charge in [0.05, 0.1) is 6.20 Å². The van der Waals surface area contributed by atoms with Gasteiger partial charge in [-0.1, -0.05) is 5.21 Å². The van der Waals surface area contributed by atoms with Crippen LogP contribution in [-0.2, 0) is 6.54 Å². The van der Waals surface area contributed by atoms with Gasteiger partial charge in [0.15, 0.2) is 11.6 Å². The van der Waals surface area contributed by atoms with E-state index in [2.05, 4.69) is 36.5 Å². The second kappa shape index (κ2) is 5.72. The molecule has 0 unspecified atom stereocenters. The van der Waals surface area contributed by atoms with Crippen molar-refractivity contribution in [3.63, 3.8) is 0 Å². The number of aromatic nitrogens is 4. The van der Waals surface area contributed by atoms with Gasteiger partial charge in [-0.15, -0.1) is 5.10 Å². The third-order valence-corrected chi connectivity index (χ3v) is 2.57. The van der Waals surface area contributed by atoms with Crippen molar-refractivity contribution in [2.45, 2.75) is 13.0 Å². The van der Waals surface area contributed by atoms with Crippen molar-refractivity contribution >= 4 is 21.7 Å². The quantitative estimate of drug-likeness (QED) is 0.859. The maximum atomic E-state index is 13.4. The Morgan fingerprint density at radius 3 is 3.06 bits per heavy atom. The molecule has 0 aromatic carbocycles. The highest BCUT2D eigenvalue weighted by molar-refractivity contribution is 9.10. The number of nitrogens with zero attached hydrogens (tertiary/aromatic N) is 4. The molecule has 0 saturated carbocycles. The standard InChI is InChI=1S/C10H11BrFN5/c11-8-6-9(12)10(14-7-8)13-2-1-4-17-5-3-15-16-17/h3,5-7H,1-2,4H2,(H,13,14). The number of hydrogen-bond donors (Lipinski definition) is 1. The maximum Gasteiger partial charge on any atom is 0.166 e. The van der Waals surface area contributed by atoms with Crippen LogP contribution in [0.2, 0.25) is 0 Å². The summed E-state index contributed by atoms with van der Waals surface area (Å²) in [6, 6.07) is 1.38.